The second-order valence-electron chi connectivity index (χ2n) is 6.76. The molecule has 2 aliphatic rings. The molecule has 2 heterocycles. The minimum Gasteiger partial charge on any atom is -0.370 e. The Kier molecular flexibility index (Phi) is 10.6. The maximum atomic E-state index is 11.2. The molecule has 0 spiro atoms. The molecule has 24 heavy (non-hydrogen) atoms. The molecule has 6 nitrogen and oxygen atoms in total. The topological polar surface area (TPSA) is 74.0 Å². The smallest absolute Gasteiger partial charge is 0.217 e. The van der Waals surface area contributed by atoms with Crippen LogP contribution in [0.25, 0.3) is 0 Å². The van der Waals surface area contributed by atoms with Crippen molar-refractivity contribution in [3.8, 4) is 0 Å². The average Bonchev–Trinajstić information content (AvgIpc) is 3.03. The van der Waals surface area contributed by atoms with E-state index < -0.39 is 0 Å². The second-order valence-corrected chi connectivity index (χ2v) is 6.76. The Morgan fingerprint density at radius 3 is 2.67 bits per heavy atom. The van der Waals surface area contributed by atoms with Crippen LogP contribution in [-0.4, -0.2) is 67.5 Å². The molecule has 0 saturated carbocycles. The first kappa shape index (κ1) is 21.5. The van der Waals surface area contributed by atoms with E-state index in [1.807, 2.05) is 0 Å². The summed E-state index contributed by atoms with van der Waals surface area (Å²) >= 11 is 0. The van der Waals surface area contributed by atoms with Gasteiger partial charge in [-0.3, -0.25) is 9.79 Å². The third-order valence-corrected chi connectivity index (χ3v) is 4.74. The number of primary amides is 1. The normalized spacial score (nSPS) is 22.3. The molecule has 1 amide bonds. The van der Waals surface area contributed by atoms with Crippen molar-refractivity contribution in [3.63, 3.8) is 0 Å². The van der Waals surface area contributed by atoms with E-state index in [0.717, 1.165) is 57.9 Å². The SMILES string of the molecule is CCNC(=NCCCN1CCCC1)N1CCCC(CC(N)=O)C1.I. The monoisotopic (exact) mass is 451 g/mol. The number of nitrogens with zero attached hydrogens (tertiary/aromatic N) is 3. The molecule has 0 bridgehead atoms. The third-order valence-electron chi connectivity index (χ3n) is 4.74. The lowest BCUT2D eigenvalue weighted by Gasteiger charge is -2.34. The number of nitrogens with one attached hydrogen (secondary N) is 1. The molecule has 2 saturated heterocycles. The van der Waals surface area contributed by atoms with Gasteiger partial charge in [-0.05, 0) is 64.6 Å². The summed E-state index contributed by atoms with van der Waals surface area (Å²) < 4.78 is 0. The van der Waals surface area contributed by atoms with Gasteiger partial charge in [-0.1, -0.05) is 0 Å². The van der Waals surface area contributed by atoms with Crippen molar-refractivity contribution in [2.45, 2.75) is 45.4 Å². The highest BCUT2D eigenvalue weighted by atomic mass is 127. The molecular weight excluding hydrogens is 417 g/mol. The molecule has 140 valence electrons. The van der Waals surface area contributed by atoms with Crippen LogP contribution in [0.4, 0.5) is 0 Å². The van der Waals surface area contributed by atoms with E-state index >= 15 is 0 Å². The summed E-state index contributed by atoms with van der Waals surface area (Å²) in [7, 11) is 0. The molecule has 3 N–H and O–H groups in total. The lowest BCUT2D eigenvalue weighted by molar-refractivity contribution is -0.119. The van der Waals surface area contributed by atoms with Crippen LogP contribution in [0.5, 0.6) is 0 Å². The van der Waals surface area contributed by atoms with Gasteiger partial charge >= 0.3 is 0 Å². The minimum absolute atomic E-state index is 0. The van der Waals surface area contributed by atoms with E-state index in [-0.39, 0.29) is 29.9 Å². The molecule has 1 unspecified atom stereocenters. The van der Waals surface area contributed by atoms with Crippen molar-refractivity contribution >= 4 is 35.8 Å². The highest BCUT2D eigenvalue weighted by Gasteiger charge is 2.23. The number of aliphatic imine (C=N–C) groups is 1. The Bertz CT molecular complexity index is 398. The molecule has 2 fully saturated rings. The summed E-state index contributed by atoms with van der Waals surface area (Å²) in [5, 5.41) is 3.40. The van der Waals surface area contributed by atoms with Crippen molar-refractivity contribution in [2.75, 3.05) is 45.8 Å². The molecule has 0 aromatic heterocycles. The van der Waals surface area contributed by atoms with Gasteiger partial charge in [0.1, 0.15) is 0 Å². The largest absolute Gasteiger partial charge is 0.370 e. The van der Waals surface area contributed by atoms with E-state index in [0.29, 0.717) is 12.3 Å². The Morgan fingerprint density at radius 1 is 1.25 bits per heavy atom. The summed E-state index contributed by atoms with van der Waals surface area (Å²) in [6.07, 6.45) is 6.50. The number of amides is 1. The number of halogens is 1. The van der Waals surface area contributed by atoms with Crippen molar-refractivity contribution in [1.82, 2.24) is 15.1 Å². The van der Waals surface area contributed by atoms with Crippen molar-refractivity contribution < 1.29 is 4.79 Å². The molecule has 2 rings (SSSR count). The molecular formula is C17H34IN5O. The molecule has 1 atom stereocenters. The standard InChI is InChI=1S/C17H33N5O.HI/c1-2-19-17(20-8-6-11-21-9-3-4-10-21)22-12-5-7-15(14-22)13-16(18)23;/h15H,2-14H2,1H3,(H2,18,23)(H,19,20);1H. The van der Waals surface area contributed by atoms with E-state index in [2.05, 4.69) is 22.0 Å². The Balaban J connectivity index is 0.00000288. The Labute approximate surface area is 163 Å². The van der Waals surface area contributed by atoms with Crippen molar-refractivity contribution in [3.05, 3.63) is 0 Å². The number of piperidine rings is 1. The number of nitrogens with two attached hydrogens (primary N) is 1. The van der Waals surface area contributed by atoms with Crippen LogP contribution in [-0.2, 0) is 4.79 Å². The first-order valence-electron chi connectivity index (χ1n) is 9.23. The first-order chi connectivity index (χ1) is 11.2. The fraction of sp³-hybridized carbons (Fsp3) is 0.882. The van der Waals surface area contributed by atoms with Crippen LogP contribution in [0.1, 0.15) is 45.4 Å². The minimum atomic E-state index is -0.190. The number of carbonyl (C=O) groups excluding carboxylic acids is 1. The van der Waals surface area contributed by atoms with Gasteiger partial charge in [0.25, 0.3) is 0 Å². The van der Waals surface area contributed by atoms with Crippen molar-refractivity contribution in [2.24, 2.45) is 16.6 Å². The quantitative estimate of drug-likeness (QED) is 0.267. The molecule has 0 radical (unpaired) electrons. The van der Waals surface area contributed by atoms with Gasteiger partial charge in [-0.2, -0.15) is 0 Å². The van der Waals surface area contributed by atoms with Gasteiger partial charge < -0.3 is 20.9 Å². The number of rotatable bonds is 7. The highest BCUT2D eigenvalue weighted by Crippen LogP contribution is 2.19. The second kappa shape index (κ2) is 11.9. The zero-order valence-corrected chi connectivity index (χ0v) is 17.3. The Hall–Kier alpha value is -0.570. The zero-order valence-electron chi connectivity index (χ0n) is 15.0. The van der Waals surface area contributed by atoms with Crippen molar-refractivity contribution in [1.29, 1.82) is 0 Å². The van der Waals surface area contributed by atoms with Gasteiger partial charge in [0.15, 0.2) is 5.96 Å². The molecule has 0 aromatic carbocycles. The van der Waals surface area contributed by atoms with Gasteiger partial charge in [-0.25, -0.2) is 0 Å². The zero-order chi connectivity index (χ0) is 16.5. The number of hydrogen-bond acceptors (Lipinski definition) is 3. The number of guanidine groups is 1. The van der Waals surface area contributed by atoms with E-state index in [1.54, 1.807) is 0 Å². The Morgan fingerprint density at radius 2 is 2.00 bits per heavy atom. The third kappa shape index (κ3) is 7.55. The average molecular weight is 451 g/mol. The maximum Gasteiger partial charge on any atom is 0.217 e. The van der Waals surface area contributed by atoms with Gasteiger partial charge in [-0.15, -0.1) is 24.0 Å². The van der Waals surface area contributed by atoms with Crippen LogP contribution in [0.3, 0.4) is 0 Å². The lowest BCUT2D eigenvalue weighted by Crippen LogP contribution is -2.47. The van der Waals surface area contributed by atoms with Crippen LogP contribution in [0, 0.1) is 5.92 Å². The number of likely N-dealkylation sites (tertiary alicyclic amines) is 2. The fourth-order valence-corrected chi connectivity index (χ4v) is 3.62. The van der Waals surface area contributed by atoms with Crippen LogP contribution >= 0.6 is 24.0 Å². The molecule has 0 aromatic rings. The summed E-state index contributed by atoms with van der Waals surface area (Å²) in [5.41, 5.74) is 5.35. The molecule has 0 aliphatic carbocycles. The summed E-state index contributed by atoms with van der Waals surface area (Å²) in [4.78, 5) is 20.8. The fourth-order valence-electron chi connectivity index (χ4n) is 3.62. The van der Waals surface area contributed by atoms with Gasteiger partial charge in [0.05, 0.1) is 0 Å². The summed E-state index contributed by atoms with van der Waals surface area (Å²) in [6.45, 7) is 9.43. The van der Waals surface area contributed by atoms with Crippen LogP contribution in [0.2, 0.25) is 0 Å². The molecule has 2 aliphatic heterocycles. The predicted octanol–water partition coefficient (Wildman–Crippen LogP) is 1.64. The van der Waals surface area contributed by atoms with E-state index in [9.17, 15) is 4.79 Å². The number of hydrogen-bond donors (Lipinski definition) is 2. The predicted molar refractivity (Wildman–Crippen MR) is 110 cm³/mol. The number of carbonyl (C=O) groups is 1. The van der Waals surface area contributed by atoms with E-state index in [4.69, 9.17) is 10.7 Å². The summed E-state index contributed by atoms with van der Waals surface area (Å²) in [6, 6.07) is 0. The first-order valence-corrected chi connectivity index (χ1v) is 9.23. The van der Waals surface area contributed by atoms with Crippen LogP contribution in [0.15, 0.2) is 4.99 Å². The highest BCUT2D eigenvalue weighted by molar-refractivity contribution is 14.0. The lowest BCUT2D eigenvalue weighted by atomic mass is 9.95. The van der Waals surface area contributed by atoms with Crippen LogP contribution < -0.4 is 11.1 Å². The summed E-state index contributed by atoms with van der Waals surface area (Å²) in [5.74, 6) is 1.18. The van der Waals surface area contributed by atoms with Gasteiger partial charge in [0, 0.05) is 32.6 Å². The maximum absolute atomic E-state index is 11.2. The van der Waals surface area contributed by atoms with E-state index in [1.165, 1.54) is 25.9 Å². The van der Waals surface area contributed by atoms with Gasteiger partial charge in [0.2, 0.25) is 5.91 Å². The molecule has 7 heteroatoms.